The average Bonchev–Trinajstić information content (AvgIpc) is 2.23. The summed E-state index contributed by atoms with van der Waals surface area (Å²) in [4.78, 5) is 0. The molecule has 0 aromatic rings. The van der Waals surface area contributed by atoms with Gasteiger partial charge in [-0.3, -0.25) is 0 Å². The Hall–Kier alpha value is -0.130. The van der Waals surface area contributed by atoms with Gasteiger partial charge in [0.1, 0.15) is 0 Å². The quantitative estimate of drug-likeness (QED) is 0.599. The number of hydrogen-bond donors (Lipinski definition) is 2. The summed E-state index contributed by atoms with van der Waals surface area (Å²) < 4.78 is 26.4. The zero-order chi connectivity index (χ0) is 14.2. The van der Waals surface area contributed by atoms with Gasteiger partial charge in [-0.15, -0.1) is 0 Å². The molecular weight excluding hydrogens is 248 g/mol. The summed E-state index contributed by atoms with van der Waals surface area (Å²) >= 11 is 0. The van der Waals surface area contributed by atoms with E-state index in [1.807, 2.05) is 6.92 Å². The first-order valence-electron chi connectivity index (χ1n) is 6.98. The monoisotopic (exact) mass is 278 g/mol. The molecule has 0 aromatic heterocycles. The minimum Gasteiger partial charge on any atom is -0.317 e. The molecule has 0 fully saturated rings. The summed E-state index contributed by atoms with van der Waals surface area (Å²) in [5, 5.41) is 3.13. The van der Waals surface area contributed by atoms with Crippen LogP contribution in [0.3, 0.4) is 0 Å². The van der Waals surface area contributed by atoms with Crippen molar-refractivity contribution in [2.24, 2.45) is 17.8 Å². The van der Waals surface area contributed by atoms with Crippen molar-refractivity contribution in [3.05, 3.63) is 0 Å². The van der Waals surface area contributed by atoms with Gasteiger partial charge in [-0.2, -0.15) is 0 Å². The zero-order valence-corrected chi connectivity index (χ0v) is 13.3. The van der Waals surface area contributed by atoms with E-state index in [0.29, 0.717) is 30.7 Å². The fraction of sp³-hybridized carbons (Fsp3) is 1.00. The summed E-state index contributed by atoms with van der Waals surface area (Å²) in [6.45, 7) is 12.8. The number of hydrogen-bond acceptors (Lipinski definition) is 3. The molecule has 0 atom stereocenters. The third-order valence-electron chi connectivity index (χ3n) is 3.27. The van der Waals surface area contributed by atoms with E-state index in [2.05, 4.69) is 37.7 Å². The molecule has 110 valence electrons. The van der Waals surface area contributed by atoms with Crippen LogP contribution in [0.1, 0.15) is 41.0 Å². The molecule has 18 heavy (non-hydrogen) atoms. The molecule has 0 aliphatic carbocycles. The van der Waals surface area contributed by atoms with Crippen LogP contribution in [0.2, 0.25) is 0 Å². The second-order valence-corrected chi connectivity index (χ2v) is 7.45. The molecule has 0 aromatic carbocycles. The Bertz CT molecular complexity index is 292. The number of rotatable bonds is 10. The van der Waals surface area contributed by atoms with E-state index < -0.39 is 10.0 Å². The van der Waals surface area contributed by atoms with Crippen LogP contribution in [-0.4, -0.2) is 33.8 Å². The molecule has 0 heterocycles. The Morgan fingerprint density at radius 2 is 1.61 bits per heavy atom. The minimum absolute atomic E-state index is 0.211. The fourth-order valence-electron chi connectivity index (χ4n) is 2.10. The highest BCUT2D eigenvalue weighted by atomic mass is 32.2. The van der Waals surface area contributed by atoms with Crippen LogP contribution < -0.4 is 10.0 Å². The predicted octanol–water partition coefficient (Wildman–Crippen LogP) is 1.83. The lowest BCUT2D eigenvalue weighted by Gasteiger charge is -2.25. The first kappa shape index (κ1) is 17.9. The smallest absolute Gasteiger partial charge is 0.211 e. The lowest BCUT2D eigenvalue weighted by atomic mass is 9.86. The van der Waals surface area contributed by atoms with Crippen LogP contribution in [0.15, 0.2) is 0 Å². The van der Waals surface area contributed by atoms with E-state index in [0.717, 1.165) is 13.1 Å². The molecule has 0 saturated carbocycles. The van der Waals surface area contributed by atoms with Gasteiger partial charge in [-0.25, -0.2) is 13.1 Å². The molecule has 0 radical (unpaired) electrons. The van der Waals surface area contributed by atoms with Crippen molar-refractivity contribution < 1.29 is 8.42 Å². The lowest BCUT2D eigenvalue weighted by Crippen LogP contribution is -2.35. The van der Waals surface area contributed by atoms with E-state index in [1.54, 1.807) is 0 Å². The van der Waals surface area contributed by atoms with E-state index in [1.165, 1.54) is 0 Å². The van der Waals surface area contributed by atoms with Crippen LogP contribution in [0.25, 0.3) is 0 Å². The van der Waals surface area contributed by atoms with Crippen LogP contribution in [0.5, 0.6) is 0 Å². The third kappa shape index (κ3) is 8.06. The second-order valence-electron chi connectivity index (χ2n) is 5.53. The van der Waals surface area contributed by atoms with Gasteiger partial charge >= 0.3 is 0 Å². The lowest BCUT2D eigenvalue weighted by molar-refractivity contribution is 0.289. The molecule has 0 unspecified atom stereocenters. The Kier molecular flexibility index (Phi) is 8.82. The minimum atomic E-state index is -3.11. The molecule has 4 nitrogen and oxygen atoms in total. The molecular formula is C13H30N2O2S. The summed E-state index contributed by atoms with van der Waals surface area (Å²) in [6.07, 6.45) is 0.664. The van der Waals surface area contributed by atoms with Gasteiger partial charge in [-0.05, 0) is 37.3 Å². The Labute approximate surface area is 113 Å². The Morgan fingerprint density at radius 3 is 2.06 bits per heavy atom. The second kappa shape index (κ2) is 8.88. The normalized spacial score (nSPS) is 12.9. The summed E-state index contributed by atoms with van der Waals surface area (Å²) in [5.74, 6) is 1.60. The highest BCUT2D eigenvalue weighted by Crippen LogP contribution is 2.19. The van der Waals surface area contributed by atoms with Crippen LogP contribution in [-0.2, 0) is 10.0 Å². The predicted molar refractivity (Wildman–Crippen MR) is 78.1 cm³/mol. The van der Waals surface area contributed by atoms with Crippen molar-refractivity contribution in [1.29, 1.82) is 0 Å². The molecule has 0 rings (SSSR count). The Balaban J connectivity index is 4.08. The maximum atomic E-state index is 11.8. The SMILES string of the molecule is CCNCCCS(=O)(=O)NCC(C(C)C)C(C)C. The van der Waals surface area contributed by atoms with Crippen LogP contribution >= 0.6 is 0 Å². The van der Waals surface area contributed by atoms with Crippen molar-refractivity contribution in [3.63, 3.8) is 0 Å². The maximum absolute atomic E-state index is 11.8. The summed E-state index contributed by atoms with van der Waals surface area (Å²) in [6, 6.07) is 0. The molecule has 2 N–H and O–H groups in total. The topological polar surface area (TPSA) is 58.2 Å². The van der Waals surface area contributed by atoms with Crippen molar-refractivity contribution >= 4 is 10.0 Å². The van der Waals surface area contributed by atoms with Crippen molar-refractivity contribution in [3.8, 4) is 0 Å². The zero-order valence-electron chi connectivity index (χ0n) is 12.5. The van der Waals surface area contributed by atoms with Gasteiger partial charge in [0.05, 0.1) is 5.75 Å². The van der Waals surface area contributed by atoms with Gasteiger partial charge in [0.2, 0.25) is 10.0 Å². The highest BCUT2D eigenvalue weighted by molar-refractivity contribution is 7.89. The largest absolute Gasteiger partial charge is 0.317 e. The van der Waals surface area contributed by atoms with Crippen molar-refractivity contribution in [2.45, 2.75) is 41.0 Å². The van der Waals surface area contributed by atoms with Crippen LogP contribution in [0, 0.1) is 17.8 Å². The molecule has 0 aliphatic heterocycles. The molecule has 5 heteroatoms. The van der Waals surface area contributed by atoms with Gasteiger partial charge in [-0.1, -0.05) is 34.6 Å². The third-order valence-corrected chi connectivity index (χ3v) is 4.70. The highest BCUT2D eigenvalue weighted by Gasteiger charge is 2.20. The van der Waals surface area contributed by atoms with Gasteiger partial charge < -0.3 is 5.32 Å². The van der Waals surface area contributed by atoms with Gasteiger partial charge in [0.15, 0.2) is 0 Å². The number of sulfonamides is 1. The summed E-state index contributed by atoms with van der Waals surface area (Å²) in [7, 11) is -3.11. The van der Waals surface area contributed by atoms with Crippen LogP contribution in [0.4, 0.5) is 0 Å². The van der Waals surface area contributed by atoms with Gasteiger partial charge in [0, 0.05) is 6.54 Å². The molecule has 0 amide bonds. The molecule has 0 aliphatic rings. The van der Waals surface area contributed by atoms with Crippen molar-refractivity contribution in [1.82, 2.24) is 10.0 Å². The Morgan fingerprint density at radius 1 is 1.06 bits per heavy atom. The number of nitrogens with one attached hydrogen (secondary N) is 2. The first-order valence-corrected chi connectivity index (χ1v) is 8.63. The van der Waals surface area contributed by atoms with Gasteiger partial charge in [0.25, 0.3) is 0 Å². The van der Waals surface area contributed by atoms with Crippen molar-refractivity contribution in [2.75, 3.05) is 25.4 Å². The summed E-state index contributed by atoms with van der Waals surface area (Å²) in [5.41, 5.74) is 0. The average molecular weight is 278 g/mol. The van der Waals surface area contributed by atoms with E-state index in [4.69, 9.17) is 0 Å². The molecule has 0 saturated heterocycles. The standard InChI is InChI=1S/C13H30N2O2S/c1-6-14-8-7-9-18(16,17)15-10-13(11(2)3)12(4)5/h11-15H,6-10H2,1-5H3. The molecule has 0 spiro atoms. The van der Waals surface area contributed by atoms with E-state index in [-0.39, 0.29) is 5.75 Å². The maximum Gasteiger partial charge on any atom is 0.211 e. The molecule has 0 bridgehead atoms. The van der Waals surface area contributed by atoms with E-state index in [9.17, 15) is 8.42 Å². The first-order chi connectivity index (χ1) is 8.30. The van der Waals surface area contributed by atoms with E-state index >= 15 is 0 Å². The fourth-order valence-corrected chi connectivity index (χ4v) is 3.22.